The molecule has 2 aliphatic rings. The molecule has 3 N–H and O–H groups in total. The lowest BCUT2D eigenvalue weighted by Crippen LogP contribution is -2.34. The summed E-state index contributed by atoms with van der Waals surface area (Å²) in [7, 11) is 0. The molecule has 7 heteroatoms. The molecule has 2 atom stereocenters. The maximum absolute atomic E-state index is 12.4. The van der Waals surface area contributed by atoms with E-state index < -0.39 is 5.60 Å². The number of amides is 1. The lowest BCUT2D eigenvalue weighted by Gasteiger charge is -2.27. The first-order chi connectivity index (χ1) is 13.4. The van der Waals surface area contributed by atoms with Crippen molar-refractivity contribution in [3.8, 4) is 0 Å². The second-order valence-corrected chi connectivity index (χ2v) is 8.82. The van der Waals surface area contributed by atoms with E-state index in [1.54, 1.807) is 18.3 Å². The molecule has 1 heterocycles. The fourth-order valence-electron chi connectivity index (χ4n) is 4.72. The van der Waals surface area contributed by atoms with Crippen LogP contribution in [0.3, 0.4) is 0 Å². The highest BCUT2D eigenvalue weighted by atomic mass is 35.5. The van der Waals surface area contributed by atoms with Crippen LogP contribution in [0.15, 0.2) is 42.6 Å². The summed E-state index contributed by atoms with van der Waals surface area (Å²) in [6.07, 6.45) is 3.30. The van der Waals surface area contributed by atoms with E-state index in [-0.39, 0.29) is 11.9 Å². The van der Waals surface area contributed by atoms with Crippen molar-refractivity contribution in [1.82, 2.24) is 15.5 Å². The molecule has 0 aliphatic heterocycles. The van der Waals surface area contributed by atoms with Crippen LogP contribution in [0, 0.1) is 11.8 Å². The number of nitrogens with one attached hydrogen (secondary N) is 2. The van der Waals surface area contributed by atoms with Gasteiger partial charge >= 0.3 is 0 Å². The second kappa shape index (κ2) is 6.48. The molecule has 144 valence electrons. The molecule has 5 rings (SSSR count). The average molecular weight is 416 g/mol. The number of benzene rings is 2. The molecule has 2 fully saturated rings. The van der Waals surface area contributed by atoms with Crippen molar-refractivity contribution in [2.75, 3.05) is 0 Å². The van der Waals surface area contributed by atoms with Crippen LogP contribution < -0.4 is 5.32 Å². The summed E-state index contributed by atoms with van der Waals surface area (Å²) in [4.78, 5) is 12.4. The SMILES string of the molecule is O=C(Cc1ccc(Cl)cc1)NC1C2CC(O)(c3cc(Cl)cc4[nH]ncc34)CC21. The Kier molecular flexibility index (Phi) is 4.16. The normalized spacial score (nSPS) is 28.3. The Morgan fingerprint density at radius 3 is 2.61 bits per heavy atom. The summed E-state index contributed by atoms with van der Waals surface area (Å²) >= 11 is 12.1. The van der Waals surface area contributed by atoms with Gasteiger partial charge in [-0.3, -0.25) is 9.89 Å². The molecule has 0 bridgehead atoms. The van der Waals surface area contributed by atoms with Crippen molar-refractivity contribution in [2.24, 2.45) is 11.8 Å². The number of fused-ring (bicyclic) bond motifs is 2. The number of aromatic nitrogens is 2. The van der Waals surface area contributed by atoms with Crippen LogP contribution in [-0.2, 0) is 16.8 Å². The van der Waals surface area contributed by atoms with Crippen LogP contribution in [0.5, 0.6) is 0 Å². The van der Waals surface area contributed by atoms with Gasteiger partial charge in [-0.15, -0.1) is 0 Å². The first-order valence-corrected chi connectivity index (χ1v) is 10.1. The lowest BCUT2D eigenvalue weighted by molar-refractivity contribution is -0.120. The van der Waals surface area contributed by atoms with Gasteiger partial charge in [0.05, 0.1) is 23.7 Å². The highest BCUT2D eigenvalue weighted by Crippen LogP contribution is 2.60. The number of hydrogen-bond donors (Lipinski definition) is 3. The maximum atomic E-state index is 12.4. The van der Waals surface area contributed by atoms with Gasteiger partial charge in [0.1, 0.15) is 0 Å². The van der Waals surface area contributed by atoms with E-state index in [4.69, 9.17) is 23.2 Å². The smallest absolute Gasteiger partial charge is 0.224 e. The molecular weight excluding hydrogens is 397 g/mol. The summed E-state index contributed by atoms with van der Waals surface area (Å²) in [6, 6.07) is 11.1. The maximum Gasteiger partial charge on any atom is 0.224 e. The fraction of sp³-hybridized carbons (Fsp3) is 0.333. The van der Waals surface area contributed by atoms with Gasteiger partial charge < -0.3 is 10.4 Å². The third-order valence-corrected chi connectivity index (χ3v) is 6.58. The summed E-state index contributed by atoms with van der Waals surface area (Å²) in [5.74, 6) is 0.588. The molecular formula is C21H19Cl2N3O2. The lowest BCUT2D eigenvalue weighted by atomic mass is 9.86. The molecule has 2 unspecified atom stereocenters. The predicted octanol–water partition coefficient (Wildman–Crippen LogP) is 3.82. The Balaban J connectivity index is 1.26. The number of aromatic amines is 1. The number of nitrogens with zero attached hydrogens (tertiary/aromatic N) is 1. The van der Waals surface area contributed by atoms with Crippen LogP contribution in [0.2, 0.25) is 10.0 Å². The molecule has 2 saturated carbocycles. The molecule has 2 aromatic carbocycles. The Morgan fingerprint density at radius 2 is 1.89 bits per heavy atom. The summed E-state index contributed by atoms with van der Waals surface area (Å²) < 4.78 is 0. The zero-order valence-electron chi connectivity index (χ0n) is 15.0. The van der Waals surface area contributed by atoms with Gasteiger partial charge in [0, 0.05) is 21.5 Å². The van der Waals surface area contributed by atoms with E-state index in [9.17, 15) is 9.90 Å². The summed E-state index contributed by atoms with van der Waals surface area (Å²) in [5.41, 5.74) is 1.65. The molecule has 5 nitrogen and oxygen atoms in total. The van der Waals surface area contributed by atoms with Crippen LogP contribution in [-0.4, -0.2) is 27.3 Å². The standard InChI is InChI=1S/C21H19Cl2N3O2/c22-12-3-1-11(2-4-12)5-19(27)25-20-14-8-21(28,9-15(14)20)17-6-13(23)7-18-16(17)10-24-26-18/h1-4,6-7,10,14-15,20,28H,5,8-9H2,(H,24,26)(H,25,27). The zero-order chi connectivity index (χ0) is 19.5. The highest BCUT2D eigenvalue weighted by molar-refractivity contribution is 6.31. The van der Waals surface area contributed by atoms with E-state index in [2.05, 4.69) is 15.5 Å². The van der Waals surface area contributed by atoms with Crippen LogP contribution in [0.25, 0.3) is 10.9 Å². The highest BCUT2D eigenvalue weighted by Gasteiger charge is 2.62. The minimum atomic E-state index is -0.931. The van der Waals surface area contributed by atoms with Gasteiger partial charge in [0.25, 0.3) is 0 Å². The van der Waals surface area contributed by atoms with E-state index in [1.165, 1.54) is 0 Å². The molecule has 2 aliphatic carbocycles. The van der Waals surface area contributed by atoms with E-state index in [0.717, 1.165) is 22.0 Å². The first kappa shape index (κ1) is 18.0. The quantitative estimate of drug-likeness (QED) is 0.605. The number of hydrogen-bond acceptors (Lipinski definition) is 3. The van der Waals surface area contributed by atoms with E-state index in [0.29, 0.717) is 41.1 Å². The summed E-state index contributed by atoms with van der Waals surface area (Å²) in [5, 5.41) is 23.5. The van der Waals surface area contributed by atoms with Crippen molar-refractivity contribution in [3.63, 3.8) is 0 Å². The number of rotatable bonds is 4. The van der Waals surface area contributed by atoms with Gasteiger partial charge in [0.2, 0.25) is 5.91 Å². The van der Waals surface area contributed by atoms with Crippen LogP contribution in [0.4, 0.5) is 0 Å². The molecule has 1 aromatic heterocycles. The second-order valence-electron chi connectivity index (χ2n) is 7.95. The molecule has 0 saturated heterocycles. The Bertz CT molecular complexity index is 1050. The van der Waals surface area contributed by atoms with Gasteiger partial charge in [-0.1, -0.05) is 35.3 Å². The third-order valence-electron chi connectivity index (χ3n) is 6.11. The number of carbonyl (C=O) groups excluding carboxylic acids is 1. The third kappa shape index (κ3) is 3.08. The topological polar surface area (TPSA) is 78.0 Å². The molecule has 0 radical (unpaired) electrons. The van der Waals surface area contributed by atoms with Gasteiger partial charge in [-0.25, -0.2) is 0 Å². The van der Waals surface area contributed by atoms with Crippen molar-refractivity contribution < 1.29 is 9.90 Å². The van der Waals surface area contributed by atoms with Crippen molar-refractivity contribution in [1.29, 1.82) is 0 Å². The van der Waals surface area contributed by atoms with E-state index in [1.807, 2.05) is 24.3 Å². The summed E-state index contributed by atoms with van der Waals surface area (Å²) in [6.45, 7) is 0. The van der Waals surface area contributed by atoms with Crippen molar-refractivity contribution >= 4 is 40.0 Å². The van der Waals surface area contributed by atoms with Crippen LogP contribution >= 0.6 is 23.2 Å². The Morgan fingerprint density at radius 1 is 1.18 bits per heavy atom. The van der Waals surface area contributed by atoms with Gasteiger partial charge in [-0.05, 0) is 60.1 Å². The average Bonchev–Trinajstić information content (AvgIpc) is 3.03. The molecule has 3 aromatic rings. The largest absolute Gasteiger partial charge is 0.385 e. The number of carbonyl (C=O) groups is 1. The Hall–Kier alpha value is -2.08. The number of H-pyrrole nitrogens is 1. The Labute approximate surface area is 172 Å². The van der Waals surface area contributed by atoms with Gasteiger partial charge in [0.15, 0.2) is 0 Å². The minimum absolute atomic E-state index is 0.00485. The molecule has 28 heavy (non-hydrogen) atoms. The number of aliphatic hydroxyl groups is 1. The van der Waals surface area contributed by atoms with Crippen molar-refractivity contribution in [3.05, 3.63) is 63.8 Å². The van der Waals surface area contributed by atoms with E-state index >= 15 is 0 Å². The first-order valence-electron chi connectivity index (χ1n) is 9.32. The minimum Gasteiger partial charge on any atom is -0.385 e. The number of halogens is 2. The molecule has 0 spiro atoms. The molecule has 1 amide bonds. The predicted molar refractivity (Wildman–Crippen MR) is 108 cm³/mol. The van der Waals surface area contributed by atoms with Crippen molar-refractivity contribution in [2.45, 2.75) is 30.9 Å². The van der Waals surface area contributed by atoms with Gasteiger partial charge in [-0.2, -0.15) is 5.10 Å². The van der Waals surface area contributed by atoms with Crippen LogP contribution in [0.1, 0.15) is 24.0 Å². The monoisotopic (exact) mass is 415 g/mol. The fourth-order valence-corrected chi connectivity index (χ4v) is 5.07. The zero-order valence-corrected chi connectivity index (χ0v) is 16.5.